The topological polar surface area (TPSA) is 89.3 Å². The fourth-order valence-electron chi connectivity index (χ4n) is 3.72. The van der Waals surface area contributed by atoms with Crippen molar-refractivity contribution in [2.24, 2.45) is 17.0 Å². The number of hydrogen-bond acceptors (Lipinski definition) is 3. The van der Waals surface area contributed by atoms with Crippen molar-refractivity contribution in [3.63, 3.8) is 0 Å². The number of aryl methyl sites for hydroxylation is 1. The molecule has 0 spiro atoms. The quantitative estimate of drug-likeness (QED) is 0.888. The molecule has 2 fully saturated rings. The number of nitrogens with one attached hydrogen (secondary N) is 1. The summed E-state index contributed by atoms with van der Waals surface area (Å²) in [6.45, 7) is 1.66. The molecule has 21 heavy (non-hydrogen) atoms. The minimum Gasteiger partial charge on any atom is -0.349 e. The highest BCUT2D eigenvalue weighted by atomic mass is 32.2. The molecule has 5 nitrogen and oxygen atoms in total. The molecule has 2 bridgehead atoms. The van der Waals surface area contributed by atoms with Crippen LogP contribution in [-0.2, 0) is 10.0 Å². The number of fused-ring (bicyclic) bond motifs is 2. The van der Waals surface area contributed by atoms with Gasteiger partial charge in [-0.3, -0.25) is 4.79 Å². The third kappa shape index (κ3) is 2.82. The van der Waals surface area contributed by atoms with Gasteiger partial charge in [0, 0.05) is 11.6 Å². The fraction of sp³-hybridized carbons (Fsp3) is 0.533. The van der Waals surface area contributed by atoms with Gasteiger partial charge in [-0.25, -0.2) is 13.6 Å². The van der Waals surface area contributed by atoms with Crippen molar-refractivity contribution >= 4 is 15.9 Å². The number of amides is 1. The number of carbonyl (C=O) groups excluding carboxylic acids is 1. The third-order valence-corrected chi connectivity index (χ3v) is 5.86. The van der Waals surface area contributed by atoms with Gasteiger partial charge in [-0.05, 0) is 55.7 Å². The lowest BCUT2D eigenvalue weighted by atomic mass is 9.95. The van der Waals surface area contributed by atoms with Crippen molar-refractivity contribution in [1.82, 2.24) is 5.32 Å². The predicted molar refractivity (Wildman–Crippen MR) is 79.3 cm³/mol. The molecule has 2 aliphatic carbocycles. The summed E-state index contributed by atoms with van der Waals surface area (Å²) in [5.74, 6) is 1.12. The number of nitrogens with two attached hydrogens (primary N) is 1. The summed E-state index contributed by atoms with van der Waals surface area (Å²) in [5, 5.41) is 8.23. The van der Waals surface area contributed by atoms with Crippen LogP contribution in [-0.4, -0.2) is 20.4 Å². The van der Waals surface area contributed by atoms with Crippen molar-refractivity contribution in [2.75, 3.05) is 0 Å². The summed E-state index contributed by atoms with van der Waals surface area (Å²) in [5.41, 5.74) is 0.904. The zero-order chi connectivity index (χ0) is 15.2. The van der Waals surface area contributed by atoms with E-state index in [9.17, 15) is 13.2 Å². The molecule has 0 heterocycles. The minimum absolute atomic E-state index is 0.0168. The highest BCUT2D eigenvalue weighted by Gasteiger charge is 2.40. The molecule has 3 unspecified atom stereocenters. The zero-order valence-corrected chi connectivity index (χ0v) is 12.8. The molecule has 3 atom stereocenters. The lowest BCUT2D eigenvalue weighted by Gasteiger charge is -2.23. The summed E-state index contributed by atoms with van der Waals surface area (Å²) >= 11 is 0. The monoisotopic (exact) mass is 308 g/mol. The van der Waals surface area contributed by atoms with Crippen LogP contribution in [0.5, 0.6) is 0 Å². The van der Waals surface area contributed by atoms with Gasteiger partial charge >= 0.3 is 0 Å². The van der Waals surface area contributed by atoms with Gasteiger partial charge in [-0.1, -0.05) is 12.5 Å². The van der Waals surface area contributed by atoms with Crippen molar-refractivity contribution in [1.29, 1.82) is 0 Å². The van der Waals surface area contributed by atoms with Gasteiger partial charge in [0.15, 0.2) is 0 Å². The molecule has 6 heteroatoms. The van der Waals surface area contributed by atoms with E-state index in [1.807, 2.05) is 0 Å². The van der Waals surface area contributed by atoms with E-state index in [0.717, 1.165) is 12.3 Å². The second-order valence-corrected chi connectivity index (χ2v) is 7.81. The van der Waals surface area contributed by atoms with Crippen LogP contribution in [0.3, 0.4) is 0 Å². The average Bonchev–Trinajstić information content (AvgIpc) is 3.00. The molecule has 1 aromatic carbocycles. The Morgan fingerprint density at radius 3 is 2.62 bits per heavy atom. The molecule has 2 saturated carbocycles. The van der Waals surface area contributed by atoms with Crippen molar-refractivity contribution in [3.8, 4) is 0 Å². The van der Waals surface area contributed by atoms with E-state index < -0.39 is 10.0 Å². The first-order valence-corrected chi connectivity index (χ1v) is 8.83. The second kappa shape index (κ2) is 5.10. The van der Waals surface area contributed by atoms with Crippen LogP contribution in [0.4, 0.5) is 0 Å². The molecule has 0 radical (unpaired) electrons. The Balaban J connectivity index is 1.79. The molecule has 3 rings (SSSR count). The summed E-state index contributed by atoms with van der Waals surface area (Å²) in [6.07, 6.45) is 4.72. The van der Waals surface area contributed by atoms with Crippen molar-refractivity contribution in [3.05, 3.63) is 29.3 Å². The van der Waals surface area contributed by atoms with Crippen LogP contribution in [0.1, 0.15) is 41.6 Å². The van der Waals surface area contributed by atoms with Gasteiger partial charge in [-0.2, -0.15) is 0 Å². The summed E-state index contributed by atoms with van der Waals surface area (Å²) in [6, 6.07) is 4.87. The molecule has 1 aromatic rings. The lowest BCUT2D eigenvalue weighted by Crippen LogP contribution is -2.38. The van der Waals surface area contributed by atoms with Crippen LogP contribution >= 0.6 is 0 Å². The van der Waals surface area contributed by atoms with E-state index >= 15 is 0 Å². The summed E-state index contributed by atoms with van der Waals surface area (Å²) in [4.78, 5) is 12.3. The largest absolute Gasteiger partial charge is 0.349 e. The Labute approximate surface area is 125 Å². The van der Waals surface area contributed by atoms with Crippen LogP contribution in [0, 0.1) is 18.8 Å². The molecule has 0 aliphatic heterocycles. The fourth-order valence-corrected chi connectivity index (χ4v) is 4.53. The Hall–Kier alpha value is -1.40. The van der Waals surface area contributed by atoms with E-state index in [4.69, 9.17) is 5.14 Å². The zero-order valence-electron chi connectivity index (χ0n) is 12.0. The predicted octanol–water partition coefficient (Wildman–Crippen LogP) is 1.56. The number of sulfonamides is 1. The van der Waals surface area contributed by atoms with Gasteiger partial charge in [0.1, 0.15) is 0 Å². The molecule has 0 aromatic heterocycles. The molecule has 2 aliphatic rings. The van der Waals surface area contributed by atoms with Crippen molar-refractivity contribution in [2.45, 2.75) is 43.5 Å². The number of primary sulfonamides is 1. The smallest absolute Gasteiger partial charge is 0.251 e. The maximum absolute atomic E-state index is 12.3. The number of carbonyl (C=O) groups is 1. The van der Waals surface area contributed by atoms with Gasteiger partial charge in [0.2, 0.25) is 10.0 Å². The second-order valence-electron chi connectivity index (χ2n) is 6.28. The molecule has 3 N–H and O–H groups in total. The van der Waals surface area contributed by atoms with E-state index in [2.05, 4.69) is 5.32 Å². The molecule has 114 valence electrons. The van der Waals surface area contributed by atoms with E-state index in [1.54, 1.807) is 19.1 Å². The minimum atomic E-state index is -3.81. The van der Waals surface area contributed by atoms with Crippen LogP contribution < -0.4 is 10.5 Å². The molecule has 1 amide bonds. The Morgan fingerprint density at radius 2 is 2.05 bits per heavy atom. The van der Waals surface area contributed by atoms with Crippen LogP contribution in [0.15, 0.2) is 23.1 Å². The number of rotatable bonds is 3. The normalized spacial score (nSPS) is 27.8. The highest BCUT2D eigenvalue weighted by molar-refractivity contribution is 7.89. The molecular formula is C15H20N2O3S. The first kappa shape index (κ1) is 14.5. The Bertz CT molecular complexity index is 684. The standard InChI is InChI=1S/C15H20N2O3S/c1-9-2-4-12(8-14(9)21(16,19)20)15(18)17-13-7-10-3-5-11(13)6-10/h2,4,8,10-11,13H,3,5-7H2,1H3,(H,17,18)(H2,16,19,20). The van der Waals surface area contributed by atoms with Crippen LogP contribution in [0.2, 0.25) is 0 Å². The van der Waals surface area contributed by atoms with E-state index in [0.29, 0.717) is 17.0 Å². The maximum atomic E-state index is 12.3. The van der Waals surface area contributed by atoms with E-state index in [-0.39, 0.29) is 16.8 Å². The highest BCUT2D eigenvalue weighted by Crippen LogP contribution is 2.44. The number of benzene rings is 1. The average molecular weight is 308 g/mol. The maximum Gasteiger partial charge on any atom is 0.251 e. The SMILES string of the molecule is Cc1ccc(C(=O)NC2CC3CCC2C3)cc1S(N)(=O)=O. The summed E-state index contributed by atoms with van der Waals surface area (Å²) in [7, 11) is -3.81. The Morgan fingerprint density at radius 1 is 1.29 bits per heavy atom. The first-order chi connectivity index (χ1) is 9.84. The molecular weight excluding hydrogens is 288 g/mol. The van der Waals surface area contributed by atoms with Crippen molar-refractivity contribution < 1.29 is 13.2 Å². The lowest BCUT2D eigenvalue weighted by molar-refractivity contribution is 0.0922. The van der Waals surface area contributed by atoms with Crippen LogP contribution in [0.25, 0.3) is 0 Å². The van der Waals surface area contributed by atoms with Gasteiger partial charge in [0.25, 0.3) is 5.91 Å². The number of hydrogen-bond donors (Lipinski definition) is 2. The Kier molecular flexibility index (Phi) is 3.53. The first-order valence-electron chi connectivity index (χ1n) is 7.29. The third-order valence-electron chi connectivity index (χ3n) is 4.81. The van der Waals surface area contributed by atoms with E-state index in [1.165, 1.54) is 25.3 Å². The van der Waals surface area contributed by atoms with Gasteiger partial charge in [0.05, 0.1) is 4.90 Å². The summed E-state index contributed by atoms with van der Waals surface area (Å²) < 4.78 is 23.0. The molecule has 0 saturated heterocycles. The van der Waals surface area contributed by atoms with Gasteiger partial charge < -0.3 is 5.32 Å². The van der Waals surface area contributed by atoms with Gasteiger partial charge in [-0.15, -0.1) is 0 Å².